The number of carbonyl (C=O) groups excluding carboxylic acids is 1. The van der Waals surface area contributed by atoms with Crippen LogP contribution in [0.5, 0.6) is 0 Å². The number of aromatic nitrogens is 3. The molecule has 12 heteroatoms. The third-order valence-electron chi connectivity index (χ3n) is 4.65. The van der Waals surface area contributed by atoms with Crippen LogP contribution in [-0.2, 0) is 14.9 Å². The van der Waals surface area contributed by atoms with E-state index >= 15 is 4.39 Å². The number of hydrogen-bond acceptors (Lipinski definition) is 7. The predicted octanol–water partition coefficient (Wildman–Crippen LogP) is 1.99. The number of ketones is 1. The summed E-state index contributed by atoms with van der Waals surface area (Å²) in [4.78, 5) is 24.3. The Kier molecular flexibility index (Phi) is 6.83. The van der Waals surface area contributed by atoms with Gasteiger partial charge in [-0.3, -0.25) is 9.52 Å². The summed E-state index contributed by atoms with van der Waals surface area (Å²) in [7, 11) is -1.03. The third kappa shape index (κ3) is 4.65. The SMILES string of the molecule is CCN(C)S(=O)(=O)Nc1cccc(C(=O)c2c[nH]c3ncnc(NCCOC)c23)c1F. The lowest BCUT2D eigenvalue weighted by Gasteiger charge is -2.17. The number of ether oxygens (including phenoxy) is 1. The summed E-state index contributed by atoms with van der Waals surface area (Å²) in [6.45, 7) is 2.71. The zero-order valence-corrected chi connectivity index (χ0v) is 18.1. The Morgan fingerprint density at radius 2 is 2.06 bits per heavy atom. The largest absolute Gasteiger partial charge is 0.383 e. The van der Waals surface area contributed by atoms with E-state index in [0.29, 0.717) is 30.0 Å². The highest BCUT2D eigenvalue weighted by Crippen LogP contribution is 2.28. The highest BCUT2D eigenvalue weighted by molar-refractivity contribution is 7.90. The number of fused-ring (bicyclic) bond motifs is 1. The number of aromatic amines is 1. The van der Waals surface area contributed by atoms with Gasteiger partial charge in [-0.15, -0.1) is 0 Å². The molecule has 1 aromatic carbocycles. The van der Waals surface area contributed by atoms with E-state index in [-0.39, 0.29) is 23.4 Å². The van der Waals surface area contributed by atoms with E-state index in [1.54, 1.807) is 14.0 Å². The molecule has 0 fully saturated rings. The van der Waals surface area contributed by atoms with Crippen molar-refractivity contribution in [3.8, 4) is 0 Å². The van der Waals surface area contributed by atoms with E-state index < -0.39 is 21.8 Å². The molecule has 0 atom stereocenters. The van der Waals surface area contributed by atoms with Crippen LogP contribution in [0.1, 0.15) is 22.8 Å². The Hall–Kier alpha value is -3.09. The number of hydrogen-bond donors (Lipinski definition) is 3. The minimum Gasteiger partial charge on any atom is -0.383 e. The van der Waals surface area contributed by atoms with E-state index in [9.17, 15) is 13.2 Å². The van der Waals surface area contributed by atoms with Crippen LogP contribution in [0.2, 0.25) is 0 Å². The van der Waals surface area contributed by atoms with Gasteiger partial charge in [-0.2, -0.15) is 12.7 Å². The maximum atomic E-state index is 15.1. The fourth-order valence-corrected chi connectivity index (χ4v) is 3.80. The number of rotatable bonds is 10. The Bertz CT molecular complexity index is 1200. The summed E-state index contributed by atoms with van der Waals surface area (Å²) in [6.07, 6.45) is 2.76. The molecule has 3 aromatic rings. The van der Waals surface area contributed by atoms with Crippen molar-refractivity contribution in [2.24, 2.45) is 0 Å². The Morgan fingerprint density at radius 3 is 2.77 bits per heavy atom. The lowest BCUT2D eigenvalue weighted by molar-refractivity contribution is 0.103. The topological polar surface area (TPSA) is 129 Å². The van der Waals surface area contributed by atoms with Crippen LogP contribution in [0.25, 0.3) is 11.0 Å². The van der Waals surface area contributed by atoms with Crippen LogP contribution in [-0.4, -0.2) is 67.3 Å². The average molecular weight is 450 g/mol. The Balaban J connectivity index is 2.00. The lowest BCUT2D eigenvalue weighted by Crippen LogP contribution is -2.32. The van der Waals surface area contributed by atoms with E-state index in [4.69, 9.17) is 4.74 Å². The zero-order chi connectivity index (χ0) is 22.6. The van der Waals surface area contributed by atoms with Crippen LogP contribution in [0, 0.1) is 5.82 Å². The monoisotopic (exact) mass is 450 g/mol. The molecule has 0 unspecified atom stereocenters. The molecule has 2 heterocycles. The van der Waals surface area contributed by atoms with Gasteiger partial charge in [0.2, 0.25) is 0 Å². The number of halogens is 1. The molecule has 3 rings (SSSR count). The standard InChI is InChI=1S/C19H23FN6O4S/c1-4-26(2)31(28,29)25-14-7-5-6-12(16(14)20)17(27)13-10-22-19-15(13)18(23-11-24-19)21-8-9-30-3/h5-7,10-11,25H,4,8-9H2,1-3H3,(H2,21,22,23,24). The van der Waals surface area contributed by atoms with E-state index in [1.165, 1.54) is 37.8 Å². The summed E-state index contributed by atoms with van der Waals surface area (Å²) in [5.41, 5.74) is -0.0483. The van der Waals surface area contributed by atoms with Crippen molar-refractivity contribution in [3.05, 3.63) is 47.7 Å². The fraction of sp³-hybridized carbons (Fsp3) is 0.316. The smallest absolute Gasteiger partial charge is 0.301 e. The molecular weight excluding hydrogens is 427 g/mol. The van der Waals surface area contributed by atoms with Gasteiger partial charge < -0.3 is 15.0 Å². The second-order valence-electron chi connectivity index (χ2n) is 6.59. The molecule has 0 aliphatic carbocycles. The number of nitrogens with one attached hydrogen (secondary N) is 3. The number of H-pyrrole nitrogens is 1. The summed E-state index contributed by atoms with van der Waals surface area (Å²) in [6, 6.07) is 3.95. The number of methoxy groups -OCH3 is 1. The molecule has 0 saturated heterocycles. The van der Waals surface area contributed by atoms with Crippen molar-refractivity contribution < 1.29 is 22.3 Å². The first kappa shape index (κ1) is 22.6. The molecule has 0 bridgehead atoms. The summed E-state index contributed by atoms with van der Waals surface area (Å²) in [5.74, 6) is -1.22. The second-order valence-corrected chi connectivity index (χ2v) is 8.36. The van der Waals surface area contributed by atoms with Crippen molar-refractivity contribution in [1.29, 1.82) is 0 Å². The van der Waals surface area contributed by atoms with E-state index in [2.05, 4.69) is 25.0 Å². The summed E-state index contributed by atoms with van der Waals surface area (Å²) < 4.78 is 47.8. The van der Waals surface area contributed by atoms with Gasteiger partial charge in [-0.05, 0) is 12.1 Å². The molecule has 0 aliphatic heterocycles. The molecular formula is C19H23FN6O4S. The molecule has 31 heavy (non-hydrogen) atoms. The van der Waals surface area contributed by atoms with Crippen LogP contribution in [0.3, 0.4) is 0 Å². The van der Waals surface area contributed by atoms with Crippen LogP contribution in [0.15, 0.2) is 30.7 Å². The van der Waals surface area contributed by atoms with Crippen molar-refractivity contribution in [2.45, 2.75) is 6.92 Å². The van der Waals surface area contributed by atoms with Gasteiger partial charge in [0.15, 0.2) is 11.6 Å². The quantitative estimate of drug-likeness (QED) is 0.318. The van der Waals surface area contributed by atoms with Gasteiger partial charge in [0.05, 0.1) is 28.8 Å². The third-order valence-corrected chi connectivity index (χ3v) is 6.21. The number of nitrogens with zero attached hydrogens (tertiary/aromatic N) is 3. The first-order chi connectivity index (χ1) is 14.8. The highest BCUT2D eigenvalue weighted by atomic mass is 32.2. The minimum absolute atomic E-state index is 0.153. The summed E-state index contributed by atoms with van der Waals surface area (Å²) >= 11 is 0. The molecule has 0 aliphatic rings. The van der Waals surface area contributed by atoms with Gasteiger partial charge in [-0.25, -0.2) is 14.4 Å². The second kappa shape index (κ2) is 9.37. The van der Waals surface area contributed by atoms with Crippen molar-refractivity contribution in [2.75, 3.05) is 43.9 Å². The number of carbonyl (C=O) groups is 1. The van der Waals surface area contributed by atoms with Crippen LogP contribution < -0.4 is 10.0 Å². The van der Waals surface area contributed by atoms with Gasteiger partial charge in [-0.1, -0.05) is 13.0 Å². The van der Waals surface area contributed by atoms with Crippen molar-refractivity contribution in [1.82, 2.24) is 19.3 Å². The summed E-state index contributed by atoms with van der Waals surface area (Å²) in [5, 5.41) is 3.46. The number of anilines is 2. The zero-order valence-electron chi connectivity index (χ0n) is 17.3. The number of benzene rings is 1. The maximum absolute atomic E-state index is 15.1. The maximum Gasteiger partial charge on any atom is 0.301 e. The van der Waals surface area contributed by atoms with Gasteiger partial charge in [0.25, 0.3) is 0 Å². The molecule has 0 spiro atoms. The molecule has 0 saturated carbocycles. The molecule has 3 N–H and O–H groups in total. The average Bonchev–Trinajstić information content (AvgIpc) is 3.19. The van der Waals surface area contributed by atoms with Crippen molar-refractivity contribution in [3.63, 3.8) is 0 Å². The Morgan fingerprint density at radius 1 is 1.29 bits per heavy atom. The molecule has 0 radical (unpaired) electrons. The van der Waals surface area contributed by atoms with E-state index in [0.717, 1.165) is 4.31 Å². The molecule has 10 nitrogen and oxygen atoms in total. The molecule has 166 valence electrons. The minimum atomic E-state index is -3.95. The van der Waals surface area contributed by atoms with E-state index in [1.807, 2.05) is 0 Å². The molecule has 2 aromatic heterocycles. The van der Waals surface area contributed by atoms with Gasteiger partial charge in [0, 0.05) is 33.4 Å². The first-order valence-electron chi connectivity index (χ1n) is 9.42. The highest BCUT2D eigenvalue weighted by Gasteiger charge is 2.24. The normalized spacial score (nSPS) is 11.8. The van der Waals surface area contributed by atoms with Crippen LogP contribution >= 0.6 is 0 Å². The predicted molar refractivity (Wildman–Crippen MR) is 115 cm³/mol. The molecule has 0 amide bonds. The van der Waals surface area contributed by atoms with Crippen molar-refractivity contribution >= 4 is 38.5 Å². The lowest BCUT2D eigenvalue weighted by atomic mass is 10.0. The van der Waals surface area contributed by atoms with Gasteiger partial charge in [0.1, 0.15) is 17.8 Å². The van der Waals surface area contributed by atoms with Crippen LogP contribution in [0.4, 0.5) is 15.9 Å². The fourth-order valence-electron chi connectivity index (χ4n) is 2.87. The first-order valence-corrected chi connectivity index (χ1v) is 10.9. The van der Waals surface area contributed by atoms with Gasteiger partial charge >= 0.3 is 10.2 Å². The Labute approximate surface area is 179 Å².